The predicted molar refractivity (Wildman–Crippen MR) is 80.2 cm³/mol. The lowest BCUT2D eigenvalue weighted by molar-refractivity contribution is -0.145. The second kappa shape index (κ2) is 6.81. The van der Waals surface area contributed by atoms with Gasteiger partial charge in [0.1, 0.15) is 12.6 Å². The van der Waals surface area contributed by atoms with Crippen LogP contribution >= 0.6 is 0 Å². The smallest absolute Gasteiger partial charge is 0.242 e. The molecule has 0 saturated carbocycles. The van der Waals surface area contributed by atoms with Gasteiger partial charge in [-0.2, -0.15) is 4.98 Å². The molecular weight excluding hydrogens is 316 g/mol. The molecule has 3 rings (SSSR count). The van der Waals surface area contributed by atoms with E-state index in [-0.39, 0.29) is 43.2 Å². The Hall–Kier alpha value is -2.71. The summed E-state index contributed by atoms with van der Waals surface area (Å²) in [5, 5.41) is 0. The van der Waals surface area contributed by atoms with Gasteiger partial charge in [0.05, 0.1) is 26.0 Å². The lowest BCUT2D eigenvalue weighted by Gasteiger charge is -2.20. The molecule has 24 heavy (non-hydrogen) atoms. The fraction of sp³-hybridized carbons (Fsp3) is 0.533. The van der Waals surface area contributed by atoms with Gasteiger partial charge in [0.25, 0.3) is 0 Å². The van der Waals surface area contributed by atoms with Gasteiger partial charge in [-0.3, -0.25) is 24.3 Å². The molecule has 1 atom stereocenters. The molecule has 0 radical (unpaired) electrons. The van der Waals surface area contributed by atoms with Gasteiger partial charge < -0.3 is 14.4 Å². The Labute approximate surface area is 138 Å². The van der Waals surface area contributed by atoms with Crippen LogP contribution in [0.5, 0.6) is 11.8 Å². The highest BCUT2D eigenvalue weighted by Crippen LogP contribution is 2.19. The normalized spacial score (nSPS) is 20.6. The monoisotopic (exact) mass is 334 g/mol. The Morgan fingerprint density at radius 2 is 1.96 bits per heavy atom. The van der Waals surface area contributed by atoms with Gasteiger partial charge in [0.15, 0.2) is 0 Å². The van der Waals surface area contributed by atoms with Gasteiger partial charge in [-0.05, 0) is 0 Å². The molecular formula is C15H18N4O5. The van der Waals surface area contributed by atoms with E-state index >= 15 is 0 Å². The molecule has 1 unspecified atom stereocenters. The summed E-state index contributed by atoms with van der Waals surface area (Å²) in [5.41, 5.74) is 0. The summed E-state index contributed by atoms with van der Waals surface area (Å²) < 4.78 is 10.7. The van der Waals surface area contributed by atoms with Crippen molar-refractivity contribution in [3.63, 3.8) is 0 Å². The SMILES string of the molecule is COc1cncc(OC2CCN(C(=O)CN3C(=O)CCC3=O)C2)n1. The summed E-state index contributed by atoms with van der Waals surface area (Å²) in [4.78, 5) is 46.1. The van der Waals surface area contributed by atoms with Crippen molar-refractivity contribution in [2.45, 2.75) is 25.4 Å². The molecule has 2 saturated heterocycles. The number of hydrogen-bond acceptors (Lipinski definition) is 7. The number of hydrogen-bond donors (Lipinski definition) is 0. The maximum absolute atomic E-state index is 12.3. The quantitative estimate of drug-likeness (QED) is 0.676. The third-order valence-corrected chi connectivity index (χ3v) is 4.03. The van der Waals surface area contributed by atoms with Gasteiger partial charge in [-0.15, -0.1) is 0 Å². The average Bonchev–Trinajstić information content (AvgIpc) is 3.17. The topological polar surface area (TPSA) is 102 Å². The fourth-order valence-electron chi connectivity index (χ4n) is 2.74. The van der Waals surface area contributed by atoms with Crippen molar-refractivity contribution in [2.24, 2.45) is 0 Å². The number of imide groups is 1. The number of rotatable bonds is 5. The molecule has 2 fully saturated rings. The van der Waals surface area contributed by atoms with Crippen LogP contribution < -0.4 is 9.47 Å². The van der Waals surface area contributed by atoms with Crippen LogP contribution in [0.15, 0.2) is 12.4 Å². The van der Waals surface area contributed by atoms with E-state index in [1.165, 1.54) is 19.5 Å². The molecule has 128 valence electrons. The summed E-state index contributed by atoms with van der Waals surface area (Å²) in [6.45, 7) is 0.703. The molecule has 0 spiro atoms. The zero-order chi connectivity index (χ0) is 17.1. The van der Waals surface area contributed by atoms with E-state index in [4.69, 9.17) is 9.47 Å². The Balaban J connectivity index is 1.54. The van der Waals surface area contributed by atoms with Crippen molar-refractivity contribution in [2.75, 3.05) is 26.7 Å². The minimum atomic E-state index is -0.285. The molecule has 1 aromatic heterocycles. The molecule has 1 aromatic rings. The van der Waals surface area contributed by atoms with Crippen molar-refractivity contribution in [3.8, 4) is 11.8 Å². The molecule has 0 aliphatic carbocycles. The lowest BCUT2D eigenvalue weighted by Crippen LogP contribution is -2.42. The summed E-state index contributed by atoms with van der Waals surface area (Å²) in [6.07, 6.45) is 3.77. The zero-order valence-corrected chi connectivity index (χ0v) is 13.3. The first-order valence-electron chi connectivity index (χ1n) is 7.70. The Kier molecular flexibility index (Phi) is 4.59. The van der Waals surface area contributed by atoms with Crippen LogP contribution in [0.25, 0.3) is 0 Å². The number of ether oxygens (including phenoxy) is 2. The number of carbonyl (C=O) groups is 3. The van der Waals surface area contributed by atoms with Crippen LogP contribution in [0.2, 0.25) is 0 Å². The Morgan fingerprint density at radius 1 is 1.25 bits per heavy atom. The van der Waals surface area contributed by atoms with E-state index in [0.29, 0.717) is 31.3 Å². The minimum Gasteiger partial charge on any atom is -0.480 e. The van der Waals surface area contributed by atoms with Gasteiger partial charge in [0.2, 0.25) is 29.5 Å². The number of aromatic nitrogens is 2. The summed E-state index contributed by atoms with van der Waals surface area (Å²) in [7, 11) is 1.49. The molecule has 0 aromatic carbocycles. The summed E-state index contributed by atoms with van der Waals surface area (Å²) in [6, 6.07) is 0. The van der Waals surface area contributed by atoms with Crippen molar-refractivity contribution < 1.29 is 23.9 Å². The molecule has 0 bridgehead atoms. The maximum atomic E-state index is 12.3. The van der Waals surface area contributed by atoms with Crippen molar-refractivity contribution in [3.05, 3.63) is 12.4 Å². The van der Waals surface area contributed by atoms with Gasteiger partial charge >= 0.3 is 0 Å². The summed E-state index contributed by atoms with van der Waals surface area (Å²) in [5.74, 6) is -0.136. The fourth-order valence-corrected chi connectivity index (χ4v) is 2.74. The first kappa shape index (κ1) is 16.2. The van der Waals surface area contributed by atoms with Crippen molar-refractivity contribution in [1.29, 1.82) is 0 Å². The predicted octanol–water partition coefficient (Wildman–Crippen LogP) is -0.386. The van der Waals surface area contributed by atoms with E-state index in [0.717, 1.165) is 4.90 Å². The third-order valence-electron chi connectivity index (χ3n) is 4.03. The standard InChI is InChI=1S/C15H18N4O5/c1-23-11-6-16-7-12(17-11)24-10-4-5-18(8-10)15(22)9-19-13(20)2-3-14(19)21/h6-7,10H,2-5,8-9H2,1H3. The highest BCUT2D eigenvalue weighted by molar-refractivity contribution is 6.04. The largest absolute Gasteiger partial charge is 0.480 e. The Bertz CT molecular complexity index is 649. The number of carbonyl (C=O) groups excluding carboxylic acids is 3. The number of likely N-dealkylation sites (tertiary alicyclic amines) is 2. The van der Waals surface area contributed by atoms with Crippen LogP contribution in [-0.2, 0) is 14.4 Å². The van der Waals surface area contributed by atoms with Gasteiger partial charge in [0, 0.05) is 25.8 Å². The molecule has 9 heteroatoms. The van der Waals surface area contributed by atoms with E-state index in [1.807, 2.05) is 0 Å². The van der Waals surface area contributed by atoms with Gasteiger partial charge in [-0.1, -0.05) is 0 Å². The van der Waals surface area contributed by atoms with Crippen molar-refractivity contribution in [1.82, 2.24) is 19.8 Å². The molecule has 3 heterocycles. The van der Waals surface area contributed by atoms with E-state index in [1.54, 1.807) is 4.90 Å². The first-order valence-corrected chi connectivity index (χ1v) is 7.70. The molecule has 2 aliphatic rings. The first-order chi connectivity index (χ1) is 11.6. The average molecular weight is 334 g/mol. The van der Waals surface area contributed by atoms with Gasteiger partial charge in [-0.25, -0.2) is 0 Å². The molecule has 0 N–H and O–H groups in total. The molecule has 3 amide bonds. The molecule has 9 nitrogen and oxygen atoms in total. The van der Waals surface area contributed by atoms with Crippen molar-refractivity contribution >= 4 is 17.7 Å². The van der Waals surface area contributed by atoms with Crippen LogP contribution in [-0.4, -0.2) is 70.3 Å². The van der Waals surface area contributed by atoms with Crippen LogP contribution in [0, 0.1) is 0 Å². The van der Waals surface area contributed by atoms with Crippen LogP contribution in [0.1, 0.15) is 19.3 Å². The summed E-state index contributed by atoms with van der Waals surface area (Å²) >= 11 is 0. The molecule has 2 aliphatic heterocycles. The number of methoxy groups -OCH3 is 1. The third kappa shape index (κ3) is 3.44. The highest BCUT2D eigenvalue weighted by Gasteiger charge is 2.34. The Morgan fingerprint density at radius 3 is 2.67 bits per heavy atom. The second-order valence-electron chi connectivity index (χ2n) is 5.64. The zero-order valence-electron chi connectivity index (χ0n) is 13.3. The van der Waals surface area contributed by atoms with Crippen LogP contribution in [0.3, 0.4) is 0 Å². The van der Waals surface area contributed by atoms with E-state index in [9.17, 15) is 14.4 Å². The van der Waals surface area contributed by atoms with E-state index < -0.39 is 0 Å². The maximum Gasteiger partial charge on any atom is 0.242 e. The van der Waals surface area contributed by atoms with Crippen LogP contribution in [0.4, 0.5) is 0 Å². The number of amides is 3. The second-order valence-corrected chi connectivity index (χ2v) is 5.64. The lowest BCUT2D eigenvalue weighted by atomic mass is 10.3. The number of nitrogens with zero attached hydrogens (tertiary/aromatic N) is 4. The minimum absolute atomic E-state index is 0.187. The van der Waals surface area contributed by atoms with E-state index in [2.05, 4.69) is 9.97 Å². The highest BCUT2D eigenvalue weighted by atomic mass is 16.5.